The van der Waals surface area contributed by atoms with E-state index in [1.165, 1.54) is 11.8 Å². The van der Waals surface area contributed by atoms with E-state index in [9.17, 15) is 20.1 Å². The molecule has 0 saturated heterocycles. The number of ether oxygens (including phenoxy) is 2. The van der Waals surface area contributed by atoms with Crippen molar-refractivity contribution in [2.45, 2.75) is 47.0 Å². The summed E-state index contributed by atoms with van der Waals surface area (Å²) in [5.74, 6) is -1.26. The number of nitrogens with zero attached hydrogens (tertiary/aromatic N) is 2. The third-order valence-corrected chi connectivity index (χ3v) is 5.01. The van der Waals surface area contributed by atoms with Crippen molar-refractivity contribution in [1.82, 2.24) is 0 Å². The molecule has 0 saturated carbocycles. The van der Waals surface area contributed by atoms with Gasteiger partial charge in [-0.15, -0.1) is 11.8 Å². The molecule has 0 atom stereocenters. The molecule has 0 aromatic carbocycles. The molecule has 0 unspecified atom stereocenters. The molecule has 1 aliphatic rings. The van der Waals surface area contributed by atoms with Gasteiger partial charge in [-0.05, 0) is 43.9 Å². The van der Waals surface area contributed by atoms with Gasteiger partial charge in [0, 0.05) is 11.3 Å². The van der Waals surface area contributed by atoms with E-state index in [-0.39, 0.29) is 29.8 Å². The van der Waals surface area contributed by atoms with Crippen LogP contribution in [0.4, 0.5) is 0 Å². The fraction of sp³-hybridized carbons (Fsp3) is 0.524. The largest absolute Gasteiger partial charge is 0.462 e. The molecule has 0 N–H and O–H groups in total. The highest BCUT2D eigenvalue weighted by Crippen LogP contribution is 2.42. The average Bonchev–Trinajstić information content (AvgIpc) is 2.61. The Kier molecular flexibility index (Phi) is 9.02. The first-order valence-corrected chi connectivity index (χ1v) is 10.3. The van der Waals surface area contributed by atoms with E-state index in [0.717, 1.165) is 12.0 Å². The first kappa shape index (κ1) is 23.5. The van der Waals surface area contributed by atoms with E-state index >= 15 is 0 Å². The van der Waals surface area contributed by atoms with Crippen LogP contribution in [-0.4, -0.2) is 31.4 Å². The Morgan fingerprint density at radius 2 is 1.71 bits per heavy atom. The molecular formula is C21H26N2O4S. The molecule has 0 spiro atoms. The summed E-state index contributed by atoms with van der Waals surface area (Å²) >= 11 is 1.32. The number of esters is 2. The molecule has 1 aliphatic carbocycles. The predicted molar refractivity (Wildman–Crippen MR) is 108 cm³/mol. The molecule has 0 aromatic rings. The molecule has 0 aromatic heterocycles. The molecule has 28 heavy (non-hydrogen) atoms. The van der Waals surface area contributed by atoms with Crippen molar-refractivity contribution in [3.8, 4) is 12.1 Å². The van der Waals surface area contributed by atoms with E-state index in [2.05, 4.69) is 13.8 Å². The minimum atomic E-state index is -0.634. The van der Waals surface area contributed by atoms with Crippen LogP contribution in [0.5, 0.6) is 0 Å². The molecule has 1 rings (SSSR count). The quantitative estimate of drug-likeness (QED) is 0.357. The van der Waals surface area contributed by atoms with E-state index in [1.54, 1.807) is 20.1 Å². The number of hydrogen-bond donors (Lipinski definition) is 0. The predicted octanol–water partition coefficient (Wildman–Crippen LogP) is 4.21. The zero-order valence-corrected chi connectivity index (χ0v) is 17.9. The third kappa shape index (κ3) is 6.28. The first-order valence-electron chi connectivity index (χ1n) is 9.07. The van der Waals surface area contributed by atoms with Crippen LogP contribution < -0.4 is 0 Å². The minimum absolute atomic E-state index is 0.00458. The normalized spacial score (nSPS) is 18.0. The number of rotatable bonds is 7. The van der Waals surface area contributed by atoms with Crippen LogP contribution in [0.3, 0.4) is 0 Å². The van der Waals surface area contributed by atoms with Gasteiger partial charge < -0.3 is 9.47 Å². The molecule has 0 bridgehead atoms. The zero-order chi connectivity index (χ0) is 21.3. The number of hydrogen-bond acceptors (Lipinski definition) is 7. The summed E-state index contributed by atoms with van der Waals surface area (Å²) in [6, 6.07) is 3.91. The lowest BCUT2D eigenvalue weighted by atomic mass is 9.73. The molecule has 6 nitrogen and oxygen atoms in total. The molecule has 7 heteroatoms. The highest BCUT2D eigenvalue weighted by Gasteiger charge is 2.30. The minimum Gasteiger partial charge on any atom is -0.462 e. The molecule has 0 aliphatic heterocycles. The summed E-state index contributed by atoms with van der Waals surface area (Å²) in [7, 11) is 0. The second-order valence-corrected chi connectivity index (χ2v) is 7.97. The Hall–Kier alpha value is -2.51. The van der Waals surface area contributed by atoms with Crippen molar-refractivity contribution in [3.63, 3.8) is 0 Å². The molecule has 0 fully saturated rings. The SMILES string of the molecule is CCOC(=O)/C(C#N)=C1\C=C(C/C(SC)=C(\C#N)C(=O)OCC)CC(C)(C)C1. The Balaban J connectivity index is 3.39. The second kappa shape index (κ2) is 10.7. The molecule has 0 heterocycles. The highest BCUT2D eigenvalue weighted by atomic mass is 32.2. The summed E-state index contributed by atoms with van der Waals surface area (Å²) in [6.07, 6.45) is 5.31. The van der Waals surface area contributed by atoms with Gasteiger partial charge in [0.25, 0.3) is 0 Å². The topological polar surface area (TPSA) is 100 Å². The van der Waals surface area contributed by atoms with Crippen molar-refractivity contribution in [2.75, 3.05) is 19.5 Å². The van der Waals surface area contributed by atoms with Crippen LogP contribution in [0.1, 0.15) is 47.0 Å². The van der Waals surface area contributed by atoms with Gasteiger partial charge in [-0.1, -0.05) is 25.5 Å². The maximum absolute atomic E-state index is 12.1. The van der Waals surface area contributed by atoms with E-state index in [4.69, 9.17) is 9.47 Å². The fourth-order valence-electron chi connectivity index (χ4n) is 3.16. The Bertz CT molecular complexity index is 807. The summed E-state index contributed by atoms with van der Waals surface area (Å²) in [5, 5.41) is 18.9. The van der Waals surface area contributed by atoms with Crippen molar-refractivity contribution < 1.29 is 19.1 Å². The van der Waals surface area contributed by atoms with Crippen LogP contribution in [0.15, 0.2) is 33.3 Å². The lowest BCUT2D eigenvalue weighted by Crippen LogP contribution is -2.20. The van der Waals surface area contributed by atoms with Gasteiger partial charge in [-0.25, -0.2) is 9.59 Å². The van der Waals surface area contributed by atoms with Crippen LogP contribution in [0.25, 0.3) is 0 Å². The molecular weight excluding hydrogens is 376 g/mol. The van der Waals surface area contributed by atoms with Gasteiger partial charge in [0.1, 0.15) is 23.3 Å². The number of thioether (sulfide) groups is 1. The Morgan fingerprint density at radius 1 is 1.11 bits per heavy atom. The average molecular weight is 403 g/mol. The van der Waals surface area contributed by atoms with Crippen LogP contribution in [0, 0.1) is 28.1 Å². The first-order chi connectivity index (χ1) is 13.2. The second-order valence-electron chi connectivity index (χ2n) is 7.06. The van der Waals surface area contributed by atoms with Crippen LogP contribution >= 0.6 is 11.8 Å². The smallest absolute Gasteiger partial charge is 0.349 e. The molecule has 150 valence electrons. The van der Waals surface area contributed by atoms with Crippen molar-refractivity contribution in [3.05, 3.63) is 33.3 Å². The van der Waals surface area contributed by atoms with Gasteiger partial charge in [-0.2, -0.15) is 10.5 Å². The number of carbonyl (C=O) groups excluding carboxylic acids is 2. The van der Waals surface area contributed by atoms with Gasteiger partial charge in [-0.3, -0.25) is 0 Å². The van der Waals surface area contributed by atoms with Crippen LogP contribution in [0.2, 0.25) is 0 Å². The van der Waals surface area contributed by atoms with Crippen molar-refractivity contribution in [1.29, 1.82) is 10.5 Å². The zero-order valence-electron chi connectivity index (χ0n) is 17.0. The van der Waals surface area contributed by atoms with Crippen molar-refractivity contribution in [2.24, 2.45) is 5.41 Å². The molecule has 0 radical (unpaired) electrons. The summed E-state index contributed by atoms with van der Waals surface area (Å²) in [4.78, 5) is 24.8. The van der Waals surface area contributed by atoms with E-state index < -0.39 is 11.9 Å². The maximum atomic E-state index is 12.1. The van der Waals surface area contributed by atoms with Gasteiger partial charge in [0.15, 0.2) is 0 Å². The lowest BCUT2D eigenvalue weighted by Gasteiger charge is -2.32. The van der Waals surface area contributed by atoms with Gasteiger partial charge in [0.05, 0.1) is 13.2 Å². The fourth-order valence-corrected chi connectivity index (χ4v) is 3.82. The Morgan fingerprint density at radius 3 is 2.21 bits per heavy atom. The van der Waals surface area contributed by atoms with Crippen LogP contribution in [-0.2, 0) is 19.1 Å². The van der Waals surface area contributed by atoms with Gasteiger partial charge in [0.2, 0.25) is 0 Å². The monoisotopic (exact) mass is 402 g/mol. The number of carbonyl (C=O) groups is 2. The summed E-state index contributed by atoms with van der Waals surface area (Å²) in [5.41, 5.74) is 1.41. The number of allylic oxidation sites excluding steroid dienone is 4. The number of nitriles is 2. The Labute approximate surface area is 170 Å². The van der Waals surface area contributed by atoms with Gasteiger partial charge >= 0.3 is 11.9 Å². The maximum Gasteiger partial charge on any atom is 0.349 e. The highest BCUT2D eigenvalue weighted by molar-refractivity contribution is 8.02. The van der Waals surface area contributed by atoms with E-state index in [0.29, 0.717) is 23.3 Å². The standard InChI is InChI=1S/C21H26N2O4S/c1-6-26-19(24)16(12-22)15-8-14(10-21(3,4)11-15)9-18(28-5)17(13-23)20(25)27-7-2/h8H,6-7,9-11H2,1-5H3/b16-15+,18-17-. The van der Waals surface area contributed by atoms with E-state index in [1.807, 2.05) is 18.2 Å². The summed E-state index contributed by atoms with van der Waals surface area (Å²) in [6.45, 7) is 7.88. The lowest BCUT2D eigenvalue weighted by molar-refractivity contribution is -0.139. The third-order valence-electron chi connectivity index (χ3n) is 4.17. The molecule has 0 amide bonds. The van der Waals surface area contributed by atoms with Crippen molar-refractivity contribution >= 4 is 23.7 Å². The summed E-state index contributed by atoms with van der Waals surface area (Å²) < 4.78 is 9.98.